The number of unbranched alkanes of at least 4 members (excludes halogenated alkanes) is 4. The molecular weight excluding hydrogens is 204 g/mol. The molecule has 0 heterocycles. The lowest BCUT2D eigenvalue weighted by atomic mass is 9.97. The van der Waals surface area contributed by atoms with E-state index >= 15 is 0 Å². The van der Waals surface area contributed by atoms with Gasteiger partial charge >= 0.3 is 0 Å². The van der Waals surface area contributed by atoms with Crippen LogP contribution in [0, 0.1) is 6.92 Å². The van der Waals surface area contributed by atoms with Crippen molar-refractivity contribution in [3.63, 3.8) is 0 Å². The highest BCUT2D eigenvalue weighted by atomic mass is 14.1. The lowest BCUT2D eigenvalue weighted by molar-refractivity contribution is 0.707. The van der Waals surface area contributed by atoms with Crippen LogP contribution in [0.3, 0.4) is 0 Å². The summed E-state index contributed by atoms with van der Waals surface area (Å²) >= 11 is 0. The first-order chi connectivity index (χ1) is 8.27. The molecule has 0 aliphatic carbocycles. The van der Waals surface area contributed by atoms with Crippen molar-refractivity contribution in [3.8, 4) is 0 Å². The van der Waals surface area contributed by atoms with E-state index < -0.39 is 0 Å². The van der Waals surface area contributed by atoms with Gasteiger partial charge < -0.3 is 0 Å². The van der Waals surface area contributed by atoms with Crippen molar-refractivity contribution < 1.29 is 0 Å². The molecule has 0 saturated heterocycles. The monoisotopic (exact) mass is 232 g/mol. The Labute approximate surface area is 107 Å². The predicted molar refractivity (Wildman–Crippen MR) is 77.6 cm³/mol. The number of rotatable bonds is 8. The standard InChI is InChI=1S/C17H28/c1-4-6-8-10-16-13-12-15(3)17(14-16)11-9-7-5-2/h12-14H,4-11H2,1-3H3. The summed E-state index contributed by atoms with van der Waals surface area (Å²) in [6.07, 6.45) is 10.6. The fourth-order valence-electron chi connectivity index (χ4n) is 2.29. The molecule has 1 aromatic carbocycles. The first kappa shape index (κ1) is 14.3. The molecule has 96 valence electrons. The first-order valence-electron chi connectivity index (χ1n) is 7.36. The number of hydrogen-bond donors (Lipinski definition) is 0. The zero-order valence-electron chi connectivity index (χ0n) is 11.9. The molecule has 0 saturated carbocycles. The van der Waals surface area contributed by atoms with Crippen LogP contribution >= 0.6 is 0 Å². The summed E-state index contributed by atoms with van der Waals surface area (Å²) in [5.41, 5.74) is 4.59. The SMILES string of the molecule is CCCCCc1ccc(C)c(CCCCC)c1. The molecule has 0 aromatic heterocycles. The van der Waals surface area contributed by atoms with Gasteiger partial charge in [-0.05, 0) is 49.3 Å². The summed E-state index contributed by atoms with van der Waals surface area (Å²) in [6, 6.07) is 7.07. The quantitative estimate of drug-likeness (QED) is 0.522. The van der Waals surface area contributed by atoms with Gasteiger partial charge in [0.05, 0.1) is 0 Å². The van der Waals surface area contributed by atoms with Gasteiger partial charge in [0.1, 0.15) is 0 Å². The minimum atomic E-state index is 1.26. The van der Waals surface area contributed by atoms with E-state index in [1.807, 2.05) is 0 Å². The predicted octanol–water partition coefficient (Wildman–Crippen LogP) is 5.46. The maximum atomic E-state index is 2.45. The smallest absolute Gasteiger partial charge is 0.0276 e. The topological polar surface area (TPSA) is 0 Å². The van der Waals surface area contributed by atoms with Crippen LogP contribution in [-0.2, 0) is 12.8 Å². The molecule has 1 aromatic rings. The Morgan fingerprint density at radius 1 is 0.824 bits per heavy atom. The van der Waals surface area contributed by atoms with Crippen LogP contribution < -0.4 is 0 Å². The summed E-state index contributed by atoms with van der Waals surface area (Å²) in [5, 5.41) is 0. The second-order valence-corrected chi connectivity index (χ2v) is 5.18. The van der Waals surface area contributed by atoms with Crippen LogP contribution in [-0.4, -0.2) is 0 Å². The zero-order chi connectivity index (χ0) is 12.5. The van der Waals surface area contributed by atoms with Gasteiger partial charge in [0.25, 0.3) is 0 Å². The van der Waals surface area contributed by atoms with Crippen LogP contribution in [0.5, 0.6) is 0 Å². The van der Waals surface area contributed by atoms with E-state index in [0.29, 0.717) is 0 Å². The van der Waals surface area contributed by atoms with Crippen molar-refractivity contribution in [2.75, 3.05) is 0 Å². The van der Waals surface area contributed by atoms with Gasteiger partial charge in [0.15, 0.2) is 0 Å². The molecule has 1 rings (SSSR count). The van der Waals surface area contributed by atoms with E-state index in [0.717, 1.165) is 0 Å². The molecule has 0 amide bonds. The number of hydrogen-bond acceptors (Lipinski definition) is 0. The lowest BCUT2D eigenvalue weighted by Gasteiger charge is -2.09. The summed E-state index contributed by atoms with van der Waals surface area (Å²) in [6.45, 7) is 6.79. The van der Waals surface area contributed by atoms with Gasteiger partial charge in [0, 0.05) is 0 Å². The third kappa shape index (κ3) is 5.39. The normalized spacial score (nSPS) is 10.8. The third-order valence-corrected chi connectivity index (χ3v) is 3.53. The van der Waals surface area contributed by atoms with E-state index in [4.69, 9.17) is 0 Å². The molecule has 0 atom stereocenters. The van der Waals surface area contributed by atoms with Crippen molar-refractivity contribution in [3.05, 3.63) is 34.9 Å². The van der Waals surface area contributed by atoms with Crippen molar-refractivity contribution in [1.82, 2.24) is 0 Å². The number of aryl methyl sites for hydroxylation is 3. The van der Waals surface area contributed by atoms with E-state index in [-0.39, 0.29) is 0 Å². The average Bonchev–Trinajstić information content (AvgIpc) is 2.33. The Kier molecular flexibility index (Phi) is 7.00. The highest BCUT2D eigenvalue weighted by Crippen LogP contribution is 2.16. The van der Waals surface area contributed by atoms with Crippen LogP contribution in [0.15, 0.2) is 18.2 Å². The van der Waals surface area contributed by atoms with E-state index in [2.05, 4.69) is 39.0 Å². The van der Waals surface area contributed by atoms with Crippen molar-refractivity contribution in [1.29, 1.82) is 0 Å². The molecule has 0 nitrogen and oxygen atoms in total. The van der Waals surface area contributed by atoms with Gasteiger partial charge in [-0.2, -0.15) is 0 Å². The zero-order valence-corrected chi connectivity index (χ0v) is 11.9. The minimum absolute atomic E-state index is 1.26. The maximum absolute atomic E-state index is 2.45. The van der Waals surface area contributed by atoms with Gasteiger partial charge in [0.2, 0.25) is 0 Å². The van der Waals surface area contributed by atoms with E-state index in [9.17, 15) is 0 Å². The van der Waals surface area contributed by atoms with Gasteiger partial charge in [-0.25, -0.2) is 0 Å². The molecule has 0 unspecified atom stereocenters. The fourth-order valence-corrected chi connectivity index (χ4v) is 2.29. The molecular formula is C17H28. The summed E-state index contributed by atoms with van der Waals surface area (Å²) in [5.74, 6) is 0. The van der Waals surface area contributed by atoms with Crippen LogP contribution in [0.25, 0.3) is 0 Å². The van der Waals surface area contributed by atoms with E-state index in [1.165, 1.54) is 62.5 Å². The van der Waals surface area contributed by atoms with Gasteiger partial charge in [-0.3, -0.25) is 0 Å². The average molecular weight is 232 g/mol. The Morgan fingerprint density at radius 2 is 1.47 bits per heavy atom. The van der Waals surface area contributed by atoms with Crippen molar-refractivity contribution in [2.45, 2.75) is 72.1 Å². The molecule has 0 radical (unpaired) electrons. The Morgan fingerprint density at radius 3 is 2.12 bits per heavy atom. The highest BCUT2D eigenvalue weighted by molar-refractivity contribution is 5.31. The lowest BCUT2D eigenvalue weighted by Crippen LogP contribution is -1.94. The molecule has 0 aliphatic heterocycles. The molecule has 0 aliphatic rings. The molecule has 17 heavy (non-hydrogen) atoms. The molecule has 0 bridgehead atoms. The highest BCUT2D eigenvalue weighted by Gasteiger charge is 2.01. The number of benzene rings is 1. The summed E-state index contributed by atoms with van der Waals surface area (Å²) in [4.78, 5) is 0. The van der Waals surface area contributed by atoms with Gasteiger partial charge in [-0.1, -0.05) is 57.7 Å². The van der Waals surface area contributed by atoms with Crippen LogP contribution in [0.1, 0.15) is 69.1 Å². The second kappa shape index (κ2) is 8.33. The molecule has 0 heteroatoms. The largest absolute Gasteiger partial charge is 0.0654 e. The van der Waals surface area contributed by atoms with Crippen molar-refractivity contribution >= 4 is 0 Å². The van der Waals surface area contributed by atoms with Crippen LogP contribution in [0.2, 0.25) is 0 Å². The molecule has 0 N–H and O–H groups in total. The fraction of sp³-hybridized carbons (Fsp3) is 0.647. The summed E-state index contributed by atoms with van der Waals surface area (Å²) < 4.78 is 0. The van der Waals surface area contributed by atoms with Gasteiger partial charge in [-0.15, -0.1) is 0 Å². The Hall–Kier alpha value is -0.780. The van der Waals surface area contributed by atoms with Crippen LogP contribution in [0.4, 0.5) is 0 Å². The first-order valence-corrected chi connectivity index (χ1v) is 7.36. The molecule has 0 fully saturated rings. The van der Waals surface area contributed by atoms with Crippen molar-refractivity contribution in [2.24, 2.45) is 0 Å². The third-order valence-electron chi connectivity index (χ3n) is 3.53. The Balaban J connectivity index is 2.53. The minimum Gasteiger partial charge on any atom is -0.0654 e. The Bertz CT molecular complexity index is 312. The second-order valence-electron chi connectivity index (χ2n) is 5.18. The molecule has 0 spiro atoms. The maximum Gasteiger partial charge on any atom is -0.0276 e. The van der Waals surface area contributed by atoms with E-state index in [1.54, 1.807) is 5.56 Å². The summed E-state index contributed by atoms with van der Waals surface area (Å²) in [7, 11) is 0.